The summed E-state index contributed by atoms with van der Waals surface area (Å²) in [4.78, 5) is 17.7. The average Bonchev–Trinajstić information content (AvgIpc) is 2.41. The Hall–Kier alpha value is -2.08. The smallest absolute Gasteiger partial charge is 0.243 e. The maximum atomic E-state index is 12.0. The molecule has 104 valence electrons. The SMILES string of the molecule is CN(CC(=O)Nc1ccccc1Br)c1ccncc1N. The van der Waals surface area contributed by atoms with E-state index in [2.05, 4.69) is 26.2 Å². The molecular weight excluding hydrogens is 320 g/mol. The molecule has 1 heterocycles. The quantitative estimate of drug-likeness (QED) is 0.901. The number of carbonyl (C=O) groups excluding carboxylic acids is 1. The van der Waals surface area contributed by atoms with Crippen molar-refractivity contribution in [3.05, 3.63) is 47.2 Å². The number of halogens is 1. The minimum atomic E-state index is -0.115. The van der Waals surface area contributed by atoms with E-state index >= 15 is 0 Å². The van der Waals surface area contributed by atoms with Gasteiger partial charge < -0.3 is 16.0 Å². The fourth-order valence-corrected chi connectivity index (χ4v) is 2.18. The molecule has 3 N–H and O–H groups in total. The number of nitrogen functional groups attached to an aromatic ring is 1. The number of anilines is 3. The molecule has 0 bridgehead atoms. The van der Waals surface area contributed by atoms with Gasteiger partial charge in [-0.2, -0.15) is 0 Å². The summed E-state index contributed by atoms with van der Waals surface area (Å²) in [6.45, 7) is 0.204. The predicted octanol–water partition coefficient (Wildman–Crippen LogP) is 2.50. The molecule has 5 nitrogen and oxygen atoms in total. The third-order valence-corrected chi connectivity index (χ3v) is 3.46. The van der Waals surface area contributed by atoms with Crippen molar-refractivity contribution in [2.45, 2.75) is 0 Å². The first-order valence-corrected chi connectivity index (χ1v) is 6.82. The first-order chi connectivity index (χ1) is 9.58. The van der Waals surface area contributed by atoms with Gasteiger partial charge >= 0.3 is 0 Å². The second-order valence-corrected chi connectivity index (χ2v) is 5.17. The molecule has 2 aromatic rings. The molecule has 0 aliphatic heterocycles. The van der Waals surface area contributed by atoms with Crippen molar-refractivity contribution in [1.82, 2.24) is 4.98 Å². The molecule has 2 rings (SSSR count). The van der Waals surface area contributed by atoms with E-state index in [0.29, 0.717) is 5.69 Å². The van der Waals surface area contributed by atoms with Gasteiger partial charge in [-0.05, 0) is 34.1 Å². The normalized spacial score (nSPS) is 10.1. The lowest BCUT2D eigenvalue weighted by Crippen LogP contribution is -2.30. The standard InChI is InChI=1S/C14H15BrN4O/c1-19(13-6-7-17-8-11(13)16)9-14(20)18-12-5-3-2-4-10(12)15/h2-8H,9,16H2,1H3,(H,18,20). The molecule has 1 amide bonds. The number of hydrogen-bond acceptors (Lipinski definition) is 4. The van der Waals surface area contributed by atoms with Crippen LogP contribution < -0.4 is 16.0 Å². The van der Waals surface area contributed by atoms with E-state index in [4.69, 9.17) is 5.73 Å². The zero-order valence-corrected chi connectivity index (χ0v) is 12.6. The Bertz CT molecular complexity index is 618. The van der Waals surface area contributed by atoms with E-state index in [1.54, 1.807) is 23.4 Å². The van der Waals surface area contributed by atoms with Crippen LogP contribution in [0.15, 0.2) is 47.2 Å². The summed E-state index contributed by atoms with van der Waals surface area (Å²) in [5.74, 6) is -0.115. The van der Waals surface area contributed by atoms with Crippen molar-refractivity contribution in [2.75, 3.05) is 29.5 Å². The van der Waals surface area contributed by atoms with Crippen LogP contribution in [0, 0.1) is 0 Å². The summed E-state index contributed by atoms with van der Waals surface area (Å²) in [6, 6.07) is 9.25. The van der Waals surface area contributed by atoms with E-state index in [9.17, 15) is 4.79 Å². The Balaban J connectivity index is 2.02. The summed E-state index contributed by atoms with van der Waals surface area (Å²) >= 11 is 3.39. The average molecular weight is 335 g/mol. The first kappa shape index (κ1) is 14.3. The van der Waals surface area contributed by atoms with Gasteiger partial charge in [0.05, 0.1) is 29.8 Å². The number of aromatic nitrogens is 1. The van der Waals surface area contributed by atoms with Crippen LogP contribution in [0.5, 0.6) is 0 Å². The van der Waals surface area contributed by atoms with E-state index < -0.39 is 0 Å². The Morgan fingerprint density at radius 3 is 2.85 bits per heavy atom. The molecule has 0 radical (unpaired) electrons. The van der Waals surface area contributed by atoms with Gasteiger partial charge in [-0.1, -0.05) is 12.1 Å². The molecule has 0 fully saturated rings. The molecule has 6 heteroatoms. The lowest BCUT2D eigenvalue weighted by Gasteiger charge is -2.20. The molecule has 0 aliphatic carbocycles. The van der Waals surface area contributed by atoms with Crippen molar-refractivity contribution in [3.63, 3.8) is 0 Å². The maximum absolute atomic E-state index is 12.0. The second kappa shape index (κ2) is 6.38. The lowest BCUT2D eigenvalue weighted by atomic mass is 10.3. The summed E-state index contributed by atoms with van der Waals surface area (Å²) in [6.07, 6.45) is 3.21. The number of carbonyl (C=O) groups is 1. The summed E-state index contributed by atoms with van der Waals surface area (Å²) in [5.41, 5.74) is 7.90. The van der Waals surface area contributed by atoms with Crippen LogP contribution >= 0.6 is 15.9 Å². The predicted molar refractivity (Wildman–Crippen MR) is 84.7 cm³/mol. The lowest BCUT2D eigenvalue weighted by molar-refractivity contribution is -0.114. The number of nitrogens with two attached hydrogens (primary N) is 1. The van der Waals surface area contributed by atoms with Gasteiger partial charge in [0.15, 0.2) is 0 Å². The van der Waals surface area contributed by atoms with E-state index in [1.165, 1.54) is 0 Å². The van der Waals surface area contributed by atoms with Crippen LogP contribution in [0.25, 0.3) is 0 Å². The minimum Gasteiger partial charge on any atom is -0.396 e. The molecule has 0 saturated heterocycles. The highest BCUT2D eigenvalue weighted by Gasteiger charge is 2.11. The Morgan fingerprint density at radius 2 is 2.15 bits per heavy atom. The molecule has 0 atom stereocenters. The number of hydrogen-bond donors (Lipinski definition) is 2. The van der Waals surface area contributed by atoms with Gasteiger partial charge in [0.1, 0.15) is 0 Å². The van der Waals surface area contributed by atoms with Gasteiger partial charge in [0.2, 0.25) is 5.91 Å². The van der Waals surface area contributed by atoms with Gasteiger partial charge in [0.25, 0.3) is 0 Å². The van der Waals surface area contributed by atoms with Crippen LogP contribution in [0.1, 0.15) is 0 Å². The van der Waals surface area contributed by atoms with Crippen LogP contribution in [-0.2, 0) is 4.79 Å². The molecular formula is C14H15BrN4O. The van der Waals surface area contributed by atoms with Crippen LogP contribution in [0.3, 0.4) is 0 Å². The zero-order chi connectivity index (χ0) is 14.5. The fourth-order valence-electron chi connectivity index (χ4n) is 1.80. The number of nitrogens with one attached hydrogen (secondary N) is 1. The van der Waals surface area contributed by atoms with Crippen molar-refractivity contribution in [2.24, 2.45) is 0 Å². The van der Waals surface area contributed by atoms with Gasteiger partial charge in [-0.15, -0.1) is 0 Å². The number of pyridine rings is 1. The van der Waals surface area contributed by atoms with Crippen LogP contribution in [0.2, 0.25) is 0 Å². The minimum absolute atomic E-state index is 0.115. The molecule has 0 saturated carbocycles. The van der Waals surface area contributed by atoms with E-state index in [1.807, 2.05) is 31.3 Å². The van der Waals surface area contributed by atoms with E-state index in [0.717, 1.165) is 15.8 Å². The number of para-hydroxylation sites is 1. The molecule has 0 spiro atoms. The topological polar surface area (TPSA) is 71.2 Å². The second-order valence-electron chi connectivity index (χ2n) is 4.32. The van der Waals surface area contributed by atoms with E-state index in [-0.39, 0.29) is 12.5 Å². The van der Waals surface area contributed by atoms with Crippen molar-refractivity contribution >= 4 is 38.9 Å². The summed E-state index contributed by atoms with van der Waals surface area (Å²) in [7, 11) is 1.81. The van der Waals surface area contributed by atoms with Crippen molar-refractivity contribution in [1.29, 1.82) is 0 Å². The number of amides is 1. The van der Waals surface area contributed by atoms with Crippen LogP contribution in [-0.4, -0.2) is 24.5 Å². The van der Waals surface area contributed by atoms with Crippen molar-refractivity contribution in [3.8, 4) is 0 Å². The Labute approximate surface area is 125 Å². The number of rotatable bonds is 4. The Morgan fingerprint density at radius 1 is 1.40 bits per heavy atom. The largest absolute Gasteiger partial charge is 0.396 e. The number of likely N-dealkylation sites (N-methyl/N-ethyl adjacent to an activating group) is 1. The molecule has 1 aromatic carbocycles. The third-order valence-electron chi connectivity index (χ3n) is 2.77. The highest BCUT2D eigenvalue weighted by atomic mass is 79.9. The maximum Gasteiger partial charge on any atom is 0.243 e. The zero-order valence-electron chi connectivity index (χ0n) is 11.0. The molecule has 20 heavy (non-hydrogen) atoms. The summed E-state index contributed by atoms with van der Waals surface area (Å²) in [5, 5.41) is 2.85. The third kappa shape index (κ3) is 3.48. The van der Waals surface area contributed by atoms with Gasteiger partial charge in [-0.25, -0.2) is 0 Å². The monoisotopic (exact) mass is 334 g/mol. The molecule has 1 aromatic heterocycles. The Kier molecular flexibility index (Phi) is 4.57. The summed E-state index contributed by atoms with van der Waals surface area (Å²) < 4.78 is 0.847. The number of benzene rings is 1. The van der Waals surface area contributed by atoms with Crippen LogP contribution in [0.4, 0.5) is 17.1 Å². The molecule has 0 aliphatic rings. The molecule has 0 unspecified atom stereocenters. The highest BCUT2D eigenvalue weighted by molar-refractivity contribution is 9.10. The van der Waals surface area contributed by atoms with Crippen molar-refractivity contribution < 1.29 is 4.79 Å². The first-order valence-electron chi connectivity index (χ1n) is 6.03. The van der Waals surface area contributed by atoms with Gasteiger partial charge in [-0.3, -0.25) is 9.78 Å². The number of nitrogens with zero attached hydrogens (tertiary/aromatic N) is 2. The highest BCUT2D eigenvalue weighted by Crippen LogP contribution is 2.22. The van der Waals surface area contributed by atoms with Gasteiger partial charge in [0, 0.05) is 17.7 Å². The fraction of sp³-hybridized carbons (Fsp3) is 0.143.